The third-order valence-corrected chi connectivity index (χ3v) is 8.79. The van der Waals surface area contributed by atoms with Crippen LogP contribution in [0.25, 0.3) is 0 Å². The average molecular weight is 369 g/mol. The lowest BCUT2D eigenvalue weighted by Gasteiger charge is -2.44. The fourth-order valence-corrected chi connectivity index (χ4v) is 7.26. The number of hydrogen-bond donors (Lipinski definition) is 1. The zero-order chi connectivity index (χ0) is 19.3. The summed E-state index contributed by atoms with van der Waals surface area (Å²) in [6.07, 6.45) is 14.3. The first-order chi connectivity index (χ1) is 12.8. The van der Waals surface area contributed by atoms with Gasteiger partial charge in [0.05, 0.1) is 0 Å². The molecule has 0 aromatic carbocycles. The number of hydrogen-bond acceptors (Lipinski definition) is 1. The molecule has 0 aromatic rings. The Labute approximate surface area is 164 Å². The van der Waals surface area contributed by atoms with E-state index < -0.39 is 5.97 Å². The van der Waals surface area contributed by atoms with Gasteiger partial charge in [-0.3, -0.25) is 0 Å². The molecule has 0 amide bonds. The maximum atomic E-state index is 11.0. The topological polar surface area (TPSA) is 37.3 Å². The minimum absolute atomic E-state index is 0.488. The summed E-state index contributed by atoms with van der Waals surface area (Å²) in [6.45, 7) is 11.2. The molecular weight excluding hydrogens is 332 g/mol. The lowest BCUT2D eigenvalue weighted by molar-refractivity contribution is -0.132. The van der Waals surface area contributed by atoms with E-state index in [4.69, 9.17) is 5.11 Å². The Morgan fingerprint density at radius 2 is 2.19 bits per heavy atom. The van der Waals surface area contributed by atoms with E-state index in [1.54, 1.807) is 12.5 Å². The Balaban J connectivity index is 1.53. The van der Waals surface area contributed by atoms with Crippen LogP contribution in [0.15, 0.2) is 35.5 Å². The largest absolute Gasteiger partial charge is 0.478 e. The molecule has 1 N–H and O–H groups in total. The van der Waals surface area contributed by atoms with Crippen LogP contribution >= 0.6 is 0 Å². The lowest BCUT2D eigenvalue weighted by Crippen LogP contribution is -2.36. The van der Waals surface area contributed by atoms with Gasteiger partial charge in [-0.2, -0.15) is 0 Å². The molecule has 0 spiro atoms. The minimum Gasteiger partial charge on any atom is -0.478 e. The van der Waals surface area contributed by atoms with Crippen molar-refractivity contribution >= 4 is 5.97 Å². The van der Waals surface area contributed by atoms with Gasteiger partial charge in [0, 0.05) is 5.57 Å². The standard InChI is InChI=1S/C25H36O2/c1-15(7-5-8-17(3)24(26)27)19-12-10-16(2)20-13-11-18-9-6-14-25(4)22(18)23(25)21(19)20/h8-9,15,19-23H,2,5-7,10-14H2,1,3-4H3,(H,26,27)/b17-8+/t15-,19-,20+,21-,22-,23+,25-/m0/s1. The number of rotatable bonds is 5. The Hall–Kier alpha value is -1.31. The summed E-state index contributed by atoms with van der Waals surface area (Å²) in [5.41, 5.74) is 4.35. The van der Waals surface area contributed by atoms with Gasteiger partial charge in [0.2, 0.25) is 0 Å². The predicted molar refractivity (Wildman–Crippen MR) is 110 cm³/mol. The monoisotopic (exact) mass is 368 g/mol. The first kappa shape index (κ1) is 19.0. The summed E-state index contributed by atoms with van der Waals surface area (Å²) < 4.78 is 0. The summed E-state index contributed by atoms with van der Waals surface area (Å²) in [6, 6.07) is 0. The molecule has 0 saturated heterocycles. The highest BCUT2D eigenvalue weighted by atomic mass is 16.4. The van der Waals surface area contributed by atoms with Crippen molar-refractivity contribution < 1.29 is 9.90 Å². The molecule has 3 saturated carbocycles. The van der Waals surface area contributed by atoms with Crippen LogP contribution in [0.3, 0.4) is 0 Å². The van der Waals surface area contributed by atoms with Crippen molar-refractivity contribution in [3.8, 4) is 0 Å². The fraction of sp³-hybridized carbons (Fsp3) is 0.720. The molecule has 4 aliphatic carbocycles. The molecule has 148 valence electrons. The van der Waals surface area contributed by atoms with Gasteiger partial charge in [0.15, 0.2) is 0 Å². The van der Waals surface area contributed by atoms with Crippen molar-refractivity contribution in [1.82, 2.24) is 0 Å². The first-order valence-electron chi connectivity index (χ1n) is 11.1. The van der Waals surface area contributed by atoms with E-state index in [-0.39, 0.29) is 0 Å². The first-order valence-corrected chi connectivity index (χ1v) is 11.1. The molecule has 0 unspecified atom stereocenters. The summed E-state index contributed by atoms with van der Waals surface area (Å²) in [4.78, 5) is 11.0. The van der Waals surface area contributed by atoms with Crippen molar-refractivity contribution in [2.75, 3.05) is 0 Å². The smallest absolute Gasteiger partial charge is 0.330 e. The number of aliphatic carboxylic acids is 1. The fourth-order valence-electron chi connectivity index (χ4n) is 7.26. The van der Waals surface area contributed by atoms with Gasteiger partial charge < -0.3 is 5.11 Å². The van der Waals surface area contributed by atoms with E-state index in [9.17, 15) is 4.79 Å². The van der Waals surface area contributed by atoms with Crippen molar-refractivity contribution in [3.05, 3.63) is 35.5 Å². The van der Waals surface area contributed by atoms with Gasteiger partial charge in [-0.1, -0.05) is 43.7 Å². The summed E-state index contributed by atoms with van der Waals surface area (Å²) in [5.74, 6) is 3.93. The molecule has 3 fully saturated rings. The molecule has 0 aromatic heterocycles. The molecule has 2 heteroatoms. The SMILES string of the molecule is C=C1CC[C@@H]([C@@H](C)CC/C=C(\C)C(=O)O)[C@@H]2[C@@H]3[C@@H]4C(=CCC[C@]34C)CC[C@H]12. The number of carboxylic acid groups (broad SMARTS) is 1. The van der Waals surface area contributed by atoms with Gasteiger partial charge in [-0.25, -0.2) is 4.79 Å². The zero-order valence-electron chi connectivity index (χ0n) is 17.3. The third kappa shape index (κ3) is 3.13. The predicted octanol–water partition coefficient (Wildman–Crippen LogP) is 6.40. The third-order valence-electron chi connectivity index (χ3n) is 8.79. The van der Waals surface area contributed by atoms with E-state index in [1.807, 2.05) is 6.08 Å². The van der Waals surface area contributed by atoms with E-state index in [0.29, 0.717) is 16.9 Å². The molecule has 4 aliphatic rings. The van der Waals surface area contributed by atoms with Crippen LogP contribution in [-0.4, -0.2) is 11.1 Å². The highest BCUT2D eigenvalue weighted by Gasteiger charge is 2.68. The highest BCUT2D eigenvalue weighted by Crippen LogP contribution is 2.75. The lowest BCUT2D eigenvalue weighted by atomic mass is 9.61. The number of carbonyl (C=O) groups is 1. The molecule has 27 heavy (non-hydrogen) atoms. The molecule has 0 heterocycles. The maximum Gasteiger partial charge on any atom is 0.330 e. The molecule has 4 rings (SSSR count). The Morgan fingerprint density at radius 1 is 1.41 bits per heavy atom. The van der Waals surface area contributed by atoms with Crippen LogP contribution in [0.5, 0.6) is 0 Å². The normalized spacial score (nSPS) is 41.7. The van der Waals surface area contributed by atoms with Gasteiger partial charge >= 0.3 is 5.97 Å². The summed E-state index contributed by atoms with van der Waals surface area (Å²) >= 11 is 0. The second-order valence-electron chi connectivity index (χ2n) is 10.2. The van der Waals surface area contributed by atoms with Crippen LogP contribution < -0.4 is 0 Å². The number of allylic oxidation sites excluding steroid dienone is 4. The van der Waals surface area contributed by atoms with Crippen molar-refractivity contribution in [1.29, 1.82) is 0 Å². The molecule has 2 nitrogen and oxygen atoms in total. The van der Waals surface area contributed by atoms with E-state index in [2.05, 4.69) is 26.5 Å². The highest BCUT2D eigenvalue weighted by molar-refractivity contribution is 5.85. The number of carboxylic acids is 1. The number of fused-ring (bicyclic) bond motifs is 3. The van der Waals surface area contributed by atoms with Crippen molar-refractivity contribution in [3.63, 3.8) is 0 Å². The molecular formula is C25H36O2. The molecule has 0 radical (unpaired) electrons. The van der Waals surface area contributed by atoms with Crippen molar-refractivity contribution in [2.45, 2.75) is 72.1 Å². The van der Waals surface area contributed by atoms with Crippen LogP contribution in [0, 0.1) is 40.9 Å². The van der Waals surface area contributed by atoms with Crippen LogP contribution in [0.1, 0.15) is 72.1 Å². The second kappa shape index (κ2) is 6.94. The van der Waals surface area contributed by atoms with Crippen LogP contribution in [-0.2, 0) is 4.79 Å². The quantitative estimate of drug-likeness (QED) is 0.450. The Morgan fingerprint density at radius 3 is 2.93 bits per heavy atom. The van der Waals surface area contributed by atoms with Gasteiger partial charge in [0.25, 0.3) is 0 Å². The van der Waals surface area contributed by atoms with Gasteiger partial charge in [-0.05, 0) is 99.2 Å². The Bertz CT molecular complexity index is 699. The van der Waals surface area contributed by atoms with E-state index in [1.165, 1.54) is 44.1 Å². The van der Waals surface area contributed by atoms with E-state index in [0.717, 1.165) is 42.4 Å². The average Bonchev–Trinajstić information content (AvgIpc) is 3.30. The van der Waals surface area contributed by atoms with Crippen LogP contribution in [0.4, 0.5) is 0 Å². The van der Waals surface area contributed by atoms with Crippen LogP contribution in [0.2, 0.25) is 0 Å². The molecule has 0 aliphatic heterocycles. The van der Waals surface area contributed by atoms with Gasteiger partial charge in [0.1, 0.15) is 0 Å². The van der Waals surface area contributed by atoms with E-state index >= 15 is 0 Å². The zero-order valence-corrected chi connectivity index (χ0v) is 17.3. The summed E-state index contributed by atoms with van der Waals surface area (Å²) in [7, 11) is 0. The van der Waals surface area contributed by atoms with Crippen molar-refractivity contribution in [2.24, 2.45) is 40.9 Å². The van der Waals surface area contributed by atoms with Gasteiger partial charge in [-0.15, -0.1) is 0 Å². The second-order valence-corrected chi connectivity index (χ2v) is 10.2. The molecule has 0 bridgehead atoms. The summed E-state index contributed by atoms with van der Waals surface area (Å²) in [5, 5.41) is 9.08. The minimum atomic E-state index is -0.783. The molecule has 7 atom stereocenters. The maximum absolute atomic E-state index is 11.0. The Kier molecular flexibility index (Phi) is 4.89.